The van der Waals surface area contributed by atoms with Crippen LogP contribution in [0.3, 0.4) is 0 Å². The highest BCUT2D eigenvalue weighted by molar-refractivity contribution is 7.89. The van der Waals surface area contributed by atoms with Gasteiger partial charge in [0.05, 0.1) is 10.0 Å². The number of nitrogens with zero attached hydrogens (tertiary/aromatic N) is 2. The van der Waals surface area contributed by atoms with Crippen molar-refractivity contribution in [3.63, 3.8) is 0 Å². The lowest BCUT2D eigenvalue weighted by molar-refractivity contribution is 0.410. The molecular formula is C10H10Cl2N4O3S. The predicted octanol–water partition coefficient (Wildman–Crippen LogP) is 1.48. The number of anilines is 1. The van der Waals surface area contributed by atoms with Crippen LogP contribution in [0.25, 0.3) is 0 Å². The maximum Gasteiger partial charge on any atom is 0.243 e. The van der Waals surface area contributed by atoms with Crippen LogP contribution < -0.4 is 10.5 Å². The first-order valence-electron chi connectivity index (χ1n) is 5.39. The number of benzene rings is 1. The molecule has 1 aromatic carbocycles. The molecule has 2 aromatic rings. The quantitative estimate of drug-likeness (QED) is 0.800. The lowest BCUT2D eigenvalue weighted by Crippen LogP contribution is -2.26. The summed E-state index contributed by atoms with van der Waals surface area (Å²) in [5.41, 5.74) is 5.81. The Morgan fingerprint density at radius 3 is 2.50 bits per heavy atom. The molecule has 0 atom stereocenters. The van der Waals surface area contributed by atoms with Gasteiger partial charge in [0.2, 0.25) is 16.4 Å². The van der Waals surface area contributed by atoms with Crippen molar-refractivity contribution in [3.8, 4) is 0 Å². The number of nitrogens with two attached hydrogens (primary N) is 1. The monoisotopic (exact) mass is 336 g/mol. The summed E-state index contributed by atoms with van der Waals surface area (Å²) < 4.78 is 31.2. The van der Waals surface area contributed by atoms with Gasteiger partial charge < -0.3 is 10.3 Å². The first kappa shape index (κ1) is 15.0. The van der Waals surface area contributed by atoms with Crippen molar-refractivity contribution in [2.24, 2.45) is 0 Å². The molecule has 0 saturated heterocycles. The summed E-state index contributed by atoms with van der Waals surface area (Å²) in [4.78, 5) is 3.57. The fourth-order valence-corrected chi connectivity index (χ4v) is 3.77. The zero-order valence-corrected chi connectivity index (χ0v) is 12.3. The minimum Gasteiger partial charge on any atom is -0.399 e. The Morgan fingerprint density at radius 2 is 1.95 bits per heavy atom. The molecule has 0 aliphatic carbocycles. The van der Waals surface area contributed by atoms with Gasteiger partial charge in [-0.2, -0.15) is 4.98 Å². The van der Waals surface area contributed by atoms with E-state index in [1.54, 1.807) is 0 Å². The zero-order chi connectivity index (χ0) is 14.8. The van der Waals surface area contributed by atoms with E-state index in [-0.39, 0.29) is 33.6 Å². The molecule has 0 bridgehead atoms. The Kier molecular flexibility index (Phi) is 4.48. The van der Waals surface area contributed by atoms with Crippen LogP contribution in [0.1, 0.15) is 5.82 Å². The second kappa shape index (κ2) is 5.96. The van der Waals surface area contributed by atoms with Crippen LogP contribution in [-0.4, -0.2) is 25.1 Å². The van der Waals surface area contributed by atoms with Gasteiger partial charge in [0.25, 0.3) is 0 Å². The van der Waals surface area contributed by atoms with Gasteiger partial charge in [0.15, 0.2) is 5.82 Å². The summed E-state index contributed by atoms with van der Waals surface area (Å²) in [5, 5.41) is 3.49. The van der Waals surface area contributed by atoms with E-state index in [1.807, 2.05) is 0 Å². The summed E-state index contributed by atoms with van der Waals surface area (Å²) in [5.74, 6) is 0.391. The number of halogens is 2. The number of sulfonamides is 1. The van der Waals surface area contributed by atoms with Crippen molar-refractivity contribution in [2.75, 3.05) is 12.3 Å². The maximum atomic E-state index is 12.1. The van der Waals surface area contributed by atoms with Crippen molar-refractivity contribution in [1.82, 2.24) is 14.9 Å². The first-order chi connectivity index (χ1) is 9.40. The highest BCUT2D eigenvalue weighted by Gasteiger charge is 2.22. The number of hydrogen-bond donors (Lipinski definition) is 2. The van der Waals surface area contributed by atoms with E-state index in [2.05, 4.69) is 19.4 Å². The van der Waals surface area contributed by atoms with E-state index in [9.17, 15) is 8.42 Å². The van der Waals surface area contributed by atoms with Gasteiger partial charge in [-0.3, -0.25) is 0 Å². The van der Waals surface area contributed by atoms with E-state index < -0.39 is 10.0 Å². The minimum atomic E-state index is -3.85. The van der Waals surface area contributed by atoms with Crippen molar-refractivity contribution in [2.45, 2.75) is 11.3 Å². The third kappa shape index (κ3) is 3.40. The summed E-state index contributed by atoms with van der Waals surface area (Å²) in [6.45, 7) is 0.0822. The Balaban J connectivity index is 2.14. The van der Waals surface area contributed by atoms with Gasteiger partial charge in [-0.05, 0) is 12.1 Å². The summed E-state index contributed by atoms with van der Waals surface area (Å²) in [6.07, 6.45) is 1.44. The molecule has 1 aromatic heterocycles. The molecule has 0 aliphatic rings. The zero-order valence-electron chi connectivity index (χ0n) is 10.0. The summed E-state index contributed by atoms with van der Waals surface area (Å²) in [7, 11) is -3.85. The molecule has 108 valence electrons. The third-order valence-corrected chi connectivity index (χ3v) is 4.72. The van der Waals surface area contributed by atoms with Gasteiger partial charge in [-0.1, -0.05) is 28.4 Å². The Bertz CT molecular complexity index is 680. The van der Waals surface area contributed by atoms with Crippen LogP contribution in [0, 0.1) is 0 Å². The second-order valence-corrected chi connectivity index (χ2v) is 6.33. The molecule has 10 heteroatoms. The molecule has 1 heterocycles. The molecule has 0 fully saturated rings. The molecule has 0 aliphatic heterocycles. The van der Waals surface area contributed by atoms with Crippen molar-refractivity contribution >= 4 is 38.9 Å². The Hall–Kier alpha value is -1.35. The van der Waals surface area contributed by atoms with Crippen LogP contribution in [0.5, 0.6) is 0 Å². The van der Waals surface area contributed by atoms with E-state index in [0.717, 1.165) is 6.39 Å². The molecule has 0 radical (unpaired) electrons. The fraction of sp³-hybridized carbons (Fsp3) is 0.200. The van der Waals surface area contributed by atoms with Gasteiger partial charge in [0.1, 0.15) is 4.90 Å². The number of nitrogens with one attached hydrogen (secondary N) is 1. The van der Waals surface area contributed by atoms with E-state index in [1.165, 1.54) is 12.1 Å². The molecule has 0 unspecified atom stereocenters. The van der Waals surface area contributed by atoms with Crippen LogP contribution in [0.2, 0.25) is 10.0 Å². The Labute approximate surface area is 125 Å². The first-order valence-corrected chi connectivity index (χ1v) is 7.63. The fourth-order valence-electron chi connectivity index (χ4n) is 1.51. The summed E-state index contributed by atoms with van der Waals surface area (Å²) in [6, 6.07) is 2.64. The van der Waals surface area contributed by atoms with Crippen molar-refractivity contribution < 1.29 is 12.9 Å². The van der Waals surface area contributed by atoms with Gasteiger partial charge >= 0.3 is 0 Å². The minimum absolute atomic E-state index is 0.0398. The molecule has 0 saturated carbocycles. The number of aromatic nitrogens is 2. The highest BCUT2D eigenvalue weighted by Crippen LogP contribution is 2.31. The highest BCUT2D eigenvalue weighted by atomic mass is 35.5. The average Bonchev–Trinajstić information content (AvgIpc) is 2.79. The van der Waals surface area contributed by atoms with Gasteiger partial charge in [-0.25, -0.2) is 13.1 Å². The number of hydrogen-bond acceptors (Lipinski definition) is 6. The van der Waals surface area contributed by atoms with Crippen LogP contribution in [0.4, 0.5) is 5.69 Å². The number of rotatable bonds is 5. The normalized spacial score (nSPS) is 11.7. The van der Waals surface area contributed by atoms with E-state index in [0.29, 0.717) is 5.82 Å². The van der Waals surface area contributed by atoms with Gasteiger partial charge in [-0.15, -0.1) is 0 Å². The molecule has 0 amide bonds. The van der Waals surface area contributed by atoms with Gasteiger partial charge in [0, 0.05) is 18.7 Å². The molecule has 7 nitrogen and oxygen atoms in total. The molecule has 2 rings (SSSR count). The molecule has 0 spiro atoms. The molecule has 3 N–H and O–H groups in total. The average molecular weight is 337 g/mol. The smallest absolute Gasteiger partial charge is 0.243 e. The van der Waals surface area contributed by atoms with Crippen LogP contribution in [-0.2, 0) is 16.4 Å². The number of nitrogen functional groups attached to an aromatic ring is 1. The molecular weight excluding hydrogens is 327 g/mol. The van der Waals surface area contributed by atoms with Crippen LogP contribution >= 0.6 is 23.2 Å². The maximum absolute atomic E-state index is 12.1. The third-order valence-electron chi connectivity index (χ3n) is 2.34. The van der Waals surface area contributed by atoms with Crippen molar-refractivity contribution in [3.05, 3.63) is 34.4 Å². The Morgan fingerprint density at radius 1 is 1.30 bits per heavy atom. The van der Waals surface area contributed by atoms with E-state index in [4.69, 9.17) is 28.9 Å². The summed E-state index contributed by atoms with van der Waals surface area (Å²) >= 11 is 11.7. The van der Waals surface area contributed by atoms with E-state index >= 15 is 0 Å². The SMILES string of the molecule is Nc1cc(Cl)c(S(=O)(=O)NCCc2ncon2)c(Cl)c1. The standard InChI is InChI=1S/C10H10Cl2N4O3S/c11-7-3-6(13)4-8(12)10(7)20(17,18)15-2-1-9-14-5-19-16-9/h3-5,15H,1-2,13H2. The topological polar surface area (TPSA) is 111 Å². The predicted molar refractivity (Wildman–Crippen MR) is 74.1 cm³/mol. The lowest BCUT2D eigenvalue weighted by Gasteiger charge is -2.10. The van der Waals surface area contributed by atoms with Crippen LogP contribution in [0.15, 0.2) is 27.9 Å². The lowest BCUT2D eigenvalue weighted by atomic mass is 10.3. The molecule has 20 heavy (non-hydrogen) atoms. The van der Waals surface area contributed by atoms with Crippen molar-refractivity contribution in [1.29, 1.82) is 0 Å². The largest absolute Gasteiger partial charge is 0.399 e. The second-order valence-electron chi connectivity index (χ2n) is 3.81.